The van der Waals surface area contributed by atoms with E-state index in [2.05, 4.69) is 17.0 Å². The number of aliphatic hydroxyl groups excluding tert-OH is 1. The number of hydrogen-bond acceptors (Lipinski definition) is 4. The summed E-state index contributed by atoms with van der Waals surface area (Å²) in [5, 5.41) is 17.4. The van der Waals surface area contributed by atoms with Crippen LogP contribution < -0.4 is 10.9 Å². The third-order valence-electron chi connectivity index (χ3n) is 5.82. The van der Waals surface area contributed by atoms with Crippen LogP contribution in [0.5, 0.6) is 0 Å². The van der Waals surface area contributed by atoms with E-state index in [1.807, 2.05) is 32.0 Å². The second kappa shape index (κ2) is 11.0. The molecule has 3 aromatic rings. The van der Waals surface area contributed by atoms with Crippen molar-refractivity contribution in [3.63, 3.8) is 0 Å². The Morgan fingerprint density at radius 1 is 1.18 bits per heavy atom. The van der Waals surface area contributed by atoms with Crippen LogP contribution in [0.25, 0.3) is 16.8 Å². The number of aryl methyl sites for hydroxylation is 1. The number of halogens is 2. The predicted octanol–water partition coefficient (Wildman–Crippen LogP) is 4.87. The van der Waals surface area contributed by atoms with E-state index in [9.17, 15) is 18.7 Å². The number of benzene rings is 2. The Kier molecular flexibility index (Phi) is 8.12. The van der Waals surface area contributed by atoms with Gasteiger partial charge in [0.05, 0.1) is 11.4 Å². The summed E-state index contributed by atoms with van der Waals surface area (Å²) in [6.07, 6.45) is 0.774. The van der Waals surface area contributed by atoms with Gasteiger partial charge in [-0.1, -0.05) is 31.7 Å². The van der Waals surface area contributed by atoms with E-state index >= 15 is 0 Å². The van der Waals surface area contributed by atoms with Crippen LogP contribution in [0.1, 0.15) is 37.1 Å². The lowest BCUT2D eigenvalue weighted by Gasteiger charge is -2.20. The number of nitrogens with zero attached hydrogens (tertiary/aromatic N) is 2. The Bertz CT molecular complexity index is 1280. The van der Waals surface area contributed by atoms with Gasteiger partial charge in [-0.25, -0.2) is 8.78 Å². The van der Waals surface area contributed by atoms with Crippen LogP contribution in [0.15, 0.2) is 71.7 Å². The van der Waals surface area contributed by atoms with Crippen LogP contribution in [0.4, 0.5) is 8.78 Å². The second-order valence-corrected chi connectivity index (χ2v) is 8.20. The monoisotopic (exact) mass is 465 g/mol. The zero-order valence-electron chi connectivity index (χ0n) is 19.6. The van der Waals surface area contributed by atoms with E-state index in [-0.39, 0.29) is 23.6 Å². The minimum absolute atomic E-state index is 0.0239. The first-order chi connectivity index (χ1) is 16.3. The van der Waals surface area contributed by atoms with E-state index in [1.165, 1.54) is 22.9 Å². The van der Waals surface area contributed by atoms with Crippen molar-refractivity contribution in [1.29, 1.82) is 0 Å². The van der Waals surface area contributed by atoms with Crippen LogP contribution in [0.2, 0.25) is 0 Å². The van der Waals surface area contributed by atoms with E-state index in [0.29, 0.717) is 34.8 Å². The van der Waals surface area contributed by atoms with E-state index in [1.54, 1.807) is 19.1 Å². The molecule has 178 valence electrons. The fraction of sp³-hybridized carbons (Fsp3) is 0.259. The zero-order chi connectivity index (χ0) is 24.8. The molecule has 0 aliphatic heterocycles. The van der Waals surface area contributed by atoms with Crippen LogP contribution in [0.3, 0.4) is 0 Å². The number of rotatable bonds is 9. The molecule has 7 heteroatoms. The first kappa shape index (κ1) is 25.1. The smallest absolute Gasteiger partial charge is 0.271 e. The molecule has 1 unspecified atom stereocenters. The average molecular weight is 466 g/mol. The van der Waals surface area contributed by atoms with Gasteiger partial charge in [0, 0.05) is 42.1 Å². The van der Waals surface area contributed by atoms with Crippen molar-refractivity contribution < 1.29 is 13.9 Å². The van der Waals surface area contributed by atoms with Gasteiger partial charge in [0.1, 0.15) is 11.6 Å². The third-order valence-corrected chi connectivity index (χ3v) is 5.82. The van der Waals surface area contributed by atoms with Crippen molar-refractivity contribution >= 4 is 11.1 Å². The molecule has 2 N–H and O–H groups in total. The summed E-state index contributed by atoms with van der Waals surface area (Å²) in [6.45, 7) is 10.3. The lowest BCUT2D eigenvalue weighted by Crippen LogP contribution is -2.25. The lowest BCUT2D eigenvalue weighted by molar-refractivity contribution is 0.221. The second-order valence-electron chi connectivity index (χ2n) is 8.20. The van der Waals surface area contributed by atoms with Crippen molar-refractivity contribution in [2.45, 2.75) is 27.2 Å². The third kappa shape index (κ3) is 5.48. The van der Waals surface area contributed by atoms with Gasteiger partial charge in [-0.2, -0.15) is 9.78 Å². The molecular weight excluding hydrogens is 436 g/mol. The Balaban J connectivity index is 2.17. The lowest BCUT2D eigenvalue weighted by atomic mass is 9.94. The normalized spacial score (nSPS) is 12.8. The topological polar surface area (TPSA) is 67.2 Å². The highest BCUT2D eigenvalue weighted by Crippen LogP contribution is 2.32. The summed E-state index contributed by atoms with van der Waals surface area (Å²) < 4.78 is 29.5. The molecule has 2 aromatic carbocycles. The largest absolute Gasteiger partial charge is 0.396 e. The first-order valence-electron chi connectivity index (χ1n) is 11.1. The highest BCUT2D eigenvalue weighted by molar-refractivity contribution is 6.04. The zero-order valence-corrected chi connectivity index (χ0v) is 19.6. The Morgan fingerprint density at radius 3 is 2.56 bits per heavy atom. The molecule has 1 atom stereocenters. The number of aliphatic hydroxyl groups is 1. The van der Waals surface area contributed by atoms with Gasteiger partial charge in [-0.3, -0.25) is 4.79 Å². The Hall–Kier alpha value is -3.58. The molecule has 0 amide bonds. The number of hydrogen-bond donors (Lipinski definition) is 2. The minimum atomic E-state index is -0.746. The molecule has 0 spiro atoms. The Labute approximate surface area is 198 Å². The van der Waals surface area contributed by atoms with Crippen molar-refractivity contribution in [3.8, 4) is 5.69 Å². The maximum Gasteiger partial charge on any atom is 0.271 e. The van der Waals surface area contributed by atoms with Crippen molar-refractivity contribution in [1.82, 2.24) is 15.1 Å². The fourth-order valence-corrected chi connectivity index (χ4v) is 3.68. The molecule has 0 aliphatic carbocycles. The molecule has 34 heavy (non-hydrogen) atoms. The SMILES string of the molecule is C=C(/C(=C(\C)NCC(CC)CO)c1ccc(=O)n(-c2ccccc2C)n1)c1ccc(F)cc1F. The fourth-order valence-electron chi connectivity index (χ4n) is 3.68. The minimum Gasteiger partial charge on any atom is -0.396 e. The number of para-hydroxylation sites is 1. The summed E-state index contributed by atoms with van der Waals surface area (Å²) in [4.78, 5) is 12.7. The summed E-state index contributed by atoms with van der Waals surface area (Å²) in [6, 6.07) is 13.6. The van der Waals surface area contributed by atoms with E-state index < -0.39 is 11.6 Å². The van der Waals surface area contributed by atoms with E-state index in [0.717, 1.165) is 18.1 Å². The first-order valence-corrected chi connectivity index (χ1v) is 11.1. The summed E-state index contributed by atoms with van der Waals surface area (Å²) in [5.74, 6) is -1.40. The number of allylic oxidation sites excluding steroid dienone is 3. The quantitative estimate of drug-likeness (QED) is 0.443. The van der Waals surface area contributed by atoms with Gasteiger partial charge >= 0.3 is 0 Å². The molecule has 0 fully saturated rings. The highest BCUT2D eigenvalue weighted by atomic mass is 19.1. The predicted molar refractivity (Wildman–Crippen MR) is 131 cm³/mol. The molecule has 5 nitrogen and oxygen atoms in total. The van der Waals surface area contributed by atoms with E-state index in [4.69, 9.17) is 0 Å². The number of aromatic nitrogens is 2. The standard InChI is InChI=1S/C27H29F2N3O2/c1-5-20(16-33)15-30-19(4)27(18(3)22-11-10-21(28)14-23(22)29)24-12-13-26(34)32(31-24)25-9-7-6-8-17(25)2/h6-14,20,30,33H,3,5,15-16H2,1-2,4H3/b27-19-. The van der Waals surface area contributed by atoms with Gasteiger partial charge in [0.25, 0.3) is 5.56 Å². The van der Waals surface area contributed by atoms with Crippen LogP contribution >= 0.6 is 0 Å². The molecule has 1 aromatic heterocycles. The molecule has 0 bridgehead atoms. The van der Waals surface area contributed by atoms with Crippen molar-refractivity contribution in [2.24, 2.45) is 5.92 Å². The molecule has 0 aliphatic rings. The maximum atomic E-state index is 14.7. The van der Waals surface area contributed by atoms with Gasteiger partial charge in [-0.15, -0.1) is 0 Å². The van der Waals surface area contributed by atoms with Gasteiger partial charge in [-0.05, 0) is 61.6 Å². The van der Waals surface area contributed by atoms with Gasteiger partial charge < -0.3 is 10.4 Å². The maximum absolute atomic E-state index is 14.7. The average Bonchev–Trinajstić information content (AvgIpc) is 2.81. The molecule has 0 saturated carbocycles. The molecule has 3 rings (SSSR count). The highest BCUT2D eigenvalue weighted by Gasteiger charge is 2.19. The van der Waals surface area contributed by atoms with Gasteiger partial charge in [0.15, 0.2) is 0 Å². The van der Waals surface area contributed by atoms with Crippen LogP contribution in [-0.2, 0) is 0 Å². The Morgan fingerprint density at radius 2 is 1.91 bits per heavy atom. The molecule has 0 saturated heterocycles. The summed E-state index contributed by atoms with van der Waals surface area (Å²) >= 11 is 0. The van der Waals surface area contributed by atoms with Crippen LogP contribution in [0, 0.1) is 24.5 Å². The number of nitrogens with one attached hydrogen (secondary N) is 1. The van der Waals surface area contributed by atoms with Crippen LogP contribution in [-0.4, -0.2) is 28.0 Å². The summed E-state index contributed by atoms with van der Waals surface area (Å²) in [5.41, 5.74) is 3.13. The van der Waals surface area contributed by atoms with Crippen molar-refractivity contribution in [2.75, 3.05) is 13.2 Å². The van der Waals surface area contributed by atoms with Crippen molar-refractivity contribution in [3.05, 3.63) is 106 Å². The summed E-state index contributed by atoms with van der Waals surface area (Å²) in [7, 11) is 0. The molecular formula is C27H29F2N3O2. The molecule has 1 heterocycles. The molecule has 0 radical (unpaired) electrons. The van der Waals surface area contributed by atoms with Gasteiger partial charge in [0.2, 0.25) is 0 Å².